The van der Waals surface area contributed by atoms with Crippen LogP contribution < -0.4 is 5.73 Å². The fourth-order valence-electron chi connectivity index (χ4n) is 1.77. The molecule has 0 saturated heterocycles. The molecule has 2 nitrogen and oxygen atoms in total. The lowest BCUT2D eigenvalue weighted by Crippen LogP contribution is -2.33. The highest BCUT2D eigenvalue weighted by Gasteiger charge is 2.22. The third-order valence-corrected chi connectivity index (χ3v) is 2.55. The summed E-state index contributed by atoms with van der Waals surface area (Å²) in [6, 6.07) is 10.1. The molecular formula is C13H21NO. The van der Waals surface area contributed by atoms with E-state index in [0.29, 0.717) is 12.5 Å². The van der Waals surface area contributed by atoms with E-state index in [9.17, 15) is 0 Å². The van der Waals surface area contributed by atoms with Crippen molar-refractivity contribution in [2.75, 3.05) is 6.61 Å². The maximum atomic E-state index is 6.20. The molecule has 0 saturated carbocycles. The summed E-state index contributed by atoms with van der Waals surface area (Å²) in [5, 5.41) is 0. The molecule has 2 unspecified atom stereocenters. The van der Waals surface area contributed by atoms with Gasteiger partial charge in [0, 0.05) is 6.61 Å². The molecule has 0 aliphatic carbocycles. The van der Waals surface area contributed by atoms with Crippen molar-refractivity contribution in [1.29, 1.82) is 0 Å². The highest BCUT2D eigenvalue weighted by molar-refractivity contribution is 5.19. The summed E-state index contributed by atoms with van der Waals surface area (Å²) in [6.07, 6.45) is 0.0948. The molecule has 2 atom stereocenters. The molecule has 0 bridgehead atoms. The van der Waals surface area contributed by atoms with Crippen LogP contribution in [0.15, 0.2) is 30.3 Å². The van der Waals surface area contributed by atoms with Crippen LogP contribution in [0.5, 0.6) is 0 Å². The average Bonchev–Trinajstić information content (AvgIpc) is 2.26. The molecule has 0 fully saturated rings. The van der Waals surface area contributed by atoms with Crippen molar-refractivity contribution in [3.63, 3.8) is 0 Å². The van der Waals surface area contributed by atoms with Gasteiger partial charge in [-0.05, 0) is 18.4 Å². The maximum absolute atomic E-state index is 6.20. The summed E-state index contributed by atoms with van der Waals surface area (Å²) in [4.78, 5) is 0. The lowest BCUT2D eigenvalue weighted by Gasteiger charge is -2.27. The molecular weight excluding hydrogens is 186 g/mol. The topological polar surface area (TPSA) is 35.2 Å². The third-order valence-electron chi connectivity index (χ3n) is 2.55. The quantitative estimate of drug-likeness (QED) is 0.805. The van der Waals surface area contributed by atoms with Gasteiger partial charge >= 0.3 is 0 Å². The van der Waals surface area contributed by atoms with Crippen LogP contribution in [-0.4, -0.2) is 12.7 Å². The highest BCUT2D eigenvalue weighted by Crippen LogP contribution is 2.22. The number of benzene rings is 1. The van der Waals surface area contributed by atoms with Crippen molar-refractivity contribution in [2.24, 2.45) is 11.7 Å². The van der Waals surface area contributed by atoms with Gasteiger partial charge in [0.2, 0.25) is 0 Å². The minimum atomic E-state index is -0.0360. The molecule has 1 aromatic rings. The van der Waals surface area contributed by atoms with Crippen molar-refractivity contribution < 1.29 is 4.74 Å². The van der Waals surface area contributed by atoms with E-state index in [2.05, 4.69) is 26.0 Å². The summed E-state index contributed by atoms with van der Waals surface area (Å²) in [6.45, 7) is 7.00. The van der Waals surface area contributed by atoms with Gasteiger partial charge in [-0.3, -0.25) is 0 Å². The fourth-order valence-corrected chi connectivity index (χ4v) is 1.77. The van der Waals surface area contributed by atoms with E-state index in [0.717, 1.165) is 5.56 Å². The van der Waals surface area contributed by atoms with Crippen LogP contribution in [-0.2, 0) is 4.74 Å². The molecule has 84 valence electrons. The van der Waals surface area contributed by atoms with Gasteiger partial charge in [0.25, 0.3) is 0 Å². The lowest BCUT2D eigenvalue weighted by molar-refractivity contribution is 0.0121. The van der Waals surface area contributed by atoms with E-state index in [-0.39, 0.29) is 12.1 Å². The van der Waals surface area contributed by atoms with E-state index in [4.69, 9.17) is 10.5 Å². The molecule has 1 aromatic carbocycles. The molecule has 1 rings (SSSR count). The van der Waals surface area contributed by atoms with Crippen molar-refractivity contribution in [3.05, 3.63) is 35.9 Å². The number of hydrogen-bond acceptors (Lipinski definition) is 2. The van der Waals surface area contributed by atoms with E-state index >= 15 is 0 Å². The zero-order valence-corrected chi connectivity index (χ0v) is 9.81. The number of ether oxygens (including phenoxy) is 1. The van der Waals surface area contributed by atoms with Gasteiger partial charge in [0.1, 0.15) is 0 Å². The zero-order valence-electron chi connectivity index (χ0n) is 9.81. The van der Waals surface area contributed by atoms with Crippen molar-refractivity contribution in [2.45, 2.75) is 32.9 Å². The van der Waals surface area contributed by atoms with Gasteiger partial charge in [0.05, 0.1) is 12.1 Å². The predicted molar refractivity (Wildman–Crippen MR) is 63.6 cm³/mol. The van der Waals surface area contributed by atoms with Crippen molar-refractivity contribution in [1.82, 2.24) is 0 Å². The highest BCUT2D eigenvalue weighted by atomic mass is 16.5. The molecule has 15 heavy (non-hydrogen) atoms. The Morgan fingerprint density at radius 2 is 1.80 bits per heavy atom. The van der Waals surface area contributed by atoms with Gasteiger partial charge in [-0.2, -0.15) is 0 Å². The Morgan fingerprint density at radius 1 is 1.20 bits per heavy atom. The fraction of sp³-hybridized carbons (Fsp3) is 0.538. The number of rotatable bonds is 5. The molecule has 0 aliphatic heterocycles. The van der Waals surface area contributed by atoms with E-state index in [1.165, 1.54) is 0 Å². The predicted octanol–water partition coefficient (Wildman–Crippen LogP) is 2.75. The summed E-state index contributed by atoms with van der Waals surface area (Å²) in [5.74, 6) is 0.431. The SMILES string of the molecule is CCOC(C(C)C)C(N)c1ccccc1. The minimum Gasteiger partial charge on any atom is -0.376 e. The second-order valence-corrected chi connectivity index (χ2v) is 4.10. The Kier molecular flexibility index (Phi) is 4.79. The van der Waals surface area contributed by atoms with Gasteiger partial charge in [0.15, 0.2) is 0 Å². The Balaban J connectivity index is 2.76. The van der Waals surface area contributed by atoms with Crippen LogP contribution in [0.3, 0.4) is 0 Å². The second-order valence-electron chi connectivity index (χ2n) is 4.10. The van der Waals surface area contributed by atoms with E-state index in [1.807, 2.05) is 25.1 Å². The first-order valence-corrected chi connectivity index (χ1v) is 5.59. The summed E-state index contributed by atoms with van der Waals surface area (Å²) >= 11 is 0. The lowest BCUT2D eigenvalue weighted by atomic mass is 9.94. The molecule has 2 N–H and O–H groups in total. The van der Waals surface area contributed by atoms with Crippen LogP contribution in [0, 0.1) is 5.92 Å². The Hall–Kier alpha value is -0.860. The molecule has 0 aliphatic rings. The van der Waals surface area contributed by atoms with E-state index < -0.39 is 0 Å². The van der Waals surface area contributed by atoms with Gasteiger partial charge in [-0.1, -0.05) is 44.2 Å². The first-order chi connectivity index (χ1) is 7.16. The maximum Gasteiger partial charge on any atom is 0.0790 e. The monoisotopic (exact) mass is 207 g/mol. The molecule has 0 radical (unpaired) electrons. The summed E-state index contributed by atoms with van der Waals surface area (Å²) in [5.41, 5.74) is 7.34. The van der Waals surface area contributed by atoms with Gasteiger partial charge in [-0.25, -0.2) is 0 Å². The van der Waals surface area contributed by atoms with E-state index in [1.54, 1.807) is 0 Å². The van der Waals surface area contributed by atoms with Crippen LogP contribution in [0.1, 0.15) is 32.4 Å². The van der Waals surface area contributed by atoms with Gasteiger partial charge in [-0.15, -0.1) is 0 Å². The zero-order chi connectivity index (χ0) is 11.3. The first-order valence-electron chi connectivity index (χ1n) is 5.59. The summed E-state index contributed by atoms with van der Waals surface area (Å²) < 4.78 is 5.69. The van der Waals surface area contributed by atoms with Crippen LogP contribution in [0.25, 0.3) is 0 Å². The normalized spacial score (nSPS) is 15.3. The Labute approximate surface area is 92.4 Å². The van der Waals surface area contributed by atoms with Crippen molar-refractivity contribution in [3.8, 4) is 0 Å². The minimum absolute atomic E-state index is 0.0360. The van der Waals surface area contributed by atoms with Crippen LogP contribution in [0.2, 0.25) is 0 Å². The van der Waals surface area contributed by atoms with Crippen LogP contribution >= 0.6 is 0 Å². The third kappa shape index (κ3) is 3.33. The molecule has 0 spiro atoms. The van der Waals surface area contributed by atoms with Gasteiger partial charge < -0.3 is 10.5 Å². The first kappa shape index (κ1) is 12.2. The molecule has 0 aromatic heterocycles. The second kappa shape index (κ2) is 5.89. The number of nitrogens with two attached hydrogens (primary N) is 1. The molecule has 0 amide bonds. The molecule has 0 heterocycles. The average molecular weight is 207 g/mol. The molecule has 2 heteroatoms. The van der Waals surface area contributed by atoms with Crippen LogP contribution in [0.4, 0.5) is 0 Å². The largest absolute Gasteiger partial charge is 0.376 e. The number of hydrogen-bond donors (Lipinski definition) is 1. The smallest absolute Gasteiger partial charge is 0.0790 e. The standard InChI is InChI=1S/C13H21NO/c1-4-15-13(10(2)3)12(14)11-8-6-5-7-9-11/h5-10,12-13H,4,14H2,1-3H3. The summed E-state index contributed by atoms with van der Waals surface area (Å²) in [7, 11) is 0. The Bertz CT molecular complexity index is 271. The van der Waals surface area contributed by atoms with Crippen molar-refractivity contribution >= 4 is 0 Å². The Morgan fingerprint density at radius 3 is 2.27 bits per heavy atom.